The molecule has 0 saturated carbocycles. The predicted octanol–water partition coefficient (Wildman–Crippen LogP) is 4.28. The van der Waals surface area contributed by atoms with E-state index in [1.807, 2.05) is 62.4 Å². The van der Waals surface area contributed by atoms with Crippen LogP contribution in [0.4, 0.5) is 0 Å². The third-order valence-electron chi connectivity index (χ3n) is 5.26. The number of nitrogens with zero attached hydrogens (tertiary/aromatic N) is 4. The first-order valence-corrected chi connectivity index (χ1v) is 11.4. The Bertz CT molecular complexity index is 1310. The van der Waals surface area contributed by atoms with Crippen LogP contribution in [0.25, 0.3) is 11.0 Å². The third kappa shape index (κ3) is 4.36. The molecule has 0 saturated heterocycles. The van der Waals surface area contributed by atoms with Crippen molar-refractivity contribution in [3.8, 4) is 11.5 Å². The second-order valence-electron chi connectivity index (χ2n) is 7.38. The third-order valence-corrected chi connectivity index (χ3v) is 6.31. The Balaban J connectivity index is 1.78. The van der Waals surface area contributed by atoms with Gasteiger partial charge >= 0.3 is 0 Å². The minimum Gasteiger partial charge on any atom is -0.497 e. The maximum absolute atomic E-state index is 13.6. The molecular formula is C24H26N4O3S. The molecular weight excluding hydrogens is 424 g/mol. The number of rotatable bonds is 8. The fourth-order valence-corrected chi connectivity index (χ4v) is 4.56. The summed E-state index contributed by atoms with van der Waals surface area (Å²) < 4.78 is 14.2. The Labute approximate surface area is 191 Å². The average Bonchev–Trinajstić information content (AvgIpc) is 3.15. The van der Waals surface area contributed by atoms with Crippen LogP contribution >= 0.6 is 11.8 Å². The van der Waals surface area contributed by atoms with E-state index >= 15 is 0 Å². The lowest BCUT2D eigenvalue weighted by atomic mass is 10.2. The minimum absolute atomic E-state index is 0.0894. The van der Waals surface area contributed by atoms with Gasteiger partial charge in [-0.05, 0) is 49.2 Å². The molecule has 0 bridgehead atoms. The highest BCUT2D eigenvalue weighted by molar-refractivity contribution is 7.98. The van der Waals surface area contributed by atoms with Gasteiger partial charge in [0.05, 0.1) is 26.5 Å². The highest BCUT2D eigenvalue weighted by Crippen LogP contribution is 2.26. The van der Waals surface area contributed by atoms with E-state index in [0.29, 0.717) is 35.0 Å². The molecule has 2 aromatic heterocycles. The molecule has 0 atom stereocenters. The quantitative estimate of drug-likeness (QED) is 0.295. The van der Waals surface area contributed by atoms with Gasteiger partial charge in [-0.1, -0.05) is 36.0 Å². The van der Waals surface area contributed by atoms with E-state index in [-0.39, 0.29) is 5.56 Å². The van der Waals surface area contributed by atoms with Crippen LogP contribution in [0.3, 0.4) is 0 Å². The average molecular weight is 451 g/mol. The van der Waals surface area contributed by atoms with E-state index in [4.69, 9.17) is 14.5 Å². The Morgan fingerprint density at radius 1 is 1.00 bits per heavy atom. The summed E-state index contributed by atoms with van der Waals surface area (Å²) in [7, 11) is 3.29. The van der Waals surface area contributed by atoms with Gasteiger partial charge in [0.15, 0.2) is 10.7 Å². The van der Waals surface area contributed by atoms with Gasteiger partial charge in [0.1, 0.15) is 17.0 Å². The smallest absolute Gasteiger partial charge is 0.280 e. The Hall–Kier alpha value is -3.26. The summed E-state index contributed by atoms with van der Waals surface area (Å²) in [5, 5.41) is 5.18. The molecule has 2 heterocycles. The van der Waals surface area contributed by atoms with Crippen LogP contribution in [-0.4, -0.2) is 33.6 Å². The van der Waals surface area contributed by atoms with E-state index in [1.165, 1.54) is 11.8 Å². The largest absolute Gasteiger partial charge is 0.497 e. The van der Waals surface area contributed by atoms with Crippen LogP contribution in [0, 0.1) is 6.92 Å². The normalized spacial score (nSPS) is 11.1. The zero-order valence-electron chi connectivity index (χ0n) is 18.7. The highest BCUT2D eigenvalue weighted by Gasteiger charge is 2.18. The SMILES string of the molecule is CCn1nc(C)c2nc(SCc3cccc(OC)c3)n(Cc3cccc(OC)c3)c(=O)c21. The summed E-state index contributed by atoms with van der Waals surface area (Å²) in [6, 6.07) is 15.7. The van der Waals surface area contributed by atoms with Crippen molar-refractivity contribution in [1.29, 1.82) is 0 Å². The second kappa shape index (κ2) is 9.48. The summed E-state index contributed by atoms with van der Waals surface area (Å²) >= 11 is 1.53. The summed E-state index contributed by atoms with van der Waals surface area (Å²) in [4.78, 5) is 18.5. The number of hydrogen-bond acceptors (Lipinski definition) is 6. The van der Waals surface area contributed by atoms with Crippen LogP contribution < -0.4 is 15.0 Å². The van der Waals surface area contributed by atoms with Crippen molar-refractivity contribution in [3.63, 3.8) is 0 Å². The maximum Gasteiger partial charge on any atom is 0.280 e. The van der Waals surface area contributed by atoms with Crippen LogP contribution in [0.15, 0.2) is 58.5 Å². The van der Waals surface area contributed by atoms with Gasteiger partial charge in [0.25, 0.3) is 5.56 Å². The number of ether oxygens (including phenoxy) is 2. The topological polar surface area (TPSA) is 71.2 Å². The van der Waals surface area contributed by atoms with Gasteiger partial charge in [-0.15, -0.1) is 0 Å². The van der Waals surface area contributed by atoms with Crippen molar-refractivity contribution in [3.05, 3.63) is 75.7 Å². The highest BCUT2D eigenvalue weighted by atomic mass is 32.2. The molecule has 7 nitrogen and oxygen atoms in total. The van der Waals surface area contributed by atoms with Gasteiger partial charge in [-0.2, -0.15) is 5.10 Å². The van der Waals surface area contributed by atoms with Crippen molar-refractivity contribution in [2.24, 2.45) is 0 Å². The molecule has 8 heteroatoms. The molecule has 0 N–H and O–H groups in total. The Kier molecular flexibility index (Phi) is 6.50. The lowest BCUT2D eigenvalue weighted by Crippen LogP contribution is -2.25. The molecule has 2 aromatic carbocycles. The van der Waals surface area contributed by atoms with Crippen molar-refractivity contribution < 1.29 is 9.47 Å². The van der Waals surface area contributed by atoms with E-state index in [2.05, 4.69) is 5.10 Å². The van der Waals surface area contributed by atoms with Crippen LogP contribution in [0.2, 0.25) is 0 Å². The molecule has 4 aromatic rings. The van der Waals surface area contributed by atoms with E-state index < -0.39 is 0 Å². The van der Waals surface area contributed by atoms with Crippen LogP contribution in [0.1, 0.15) is 23.7 Å². The first-order valence-electron chi connectivity index (χ1n) is 10.4. The molecule has 4 rings (SSSR count). The molecule has 166 valence electrons. The fraction of sp³-hybridized carbons (Fsp3) is 0.292. The van der Waals surface area contributed by atoms with E-state index in [0.717, 1.165) is 28.3 Å². The summed E-state index contributed by atoms with van der Waals surface area (Å²) in [5.74, 6) is 2.22. The molecule has 0 aliphatic carbocycles. The fourth-order valence-electron chi connectivity index (χ4n) is 3.63. The standard InChI is InChI=1S/C24H26N4O3S/c1-5-28-22-21(16(2)26-28)25-24(32-15-18-9-7-11-20(13-18)31-4)27(23(22)29)14-17-8-6-10-19(12-17)30-3/h6-13H,5,14-15H2,1-4H3. The minimum atomic E-state index is -0.0894. The van der Waals surface area contributed by atoms with Crippen molar-refractivity contribution in [1.82, 2.24) is 19.3 Å². The van der Waals surface area contributed by atoms with Crippen molar-refractivity contribution >= 4 is 22.8 Å². The number of benzene rings is 2. The Morgan fingerprint density at radius 2 is 1.66 bits per heavy atom. The first kappa shape index (κ1) is 22.0. The zero-order valence-corrected chi connectivity index (χ0v) is 19.5. The predicted molar refractivity (Wildman–Crippen MR) is 127 cm³/mol. The lowest BCUT2D eigenvalue weighted by molar-refractivity contribution is 0.414. The molecule has 0 radical (unpaired) electrons. The molecule has 0 aliphatic rings. The van der Waals surface area contributed by atoms with Gasteiger partial charge in [0.2, 0.25) is 0 Å². The van der Waals surface area contributed by atoms with Gasteiger partial charge in [0, 0.05) is 12.3 Å². The number of methoxy groups -OCH3 is 2. The Morgan fingerprint density at radius 3 is 2.31 bits per heavy atom. The summed E-state index contributed by atoms with van der Waals surface area (Å²) in [6.45, 7) is 4.87. The monoisotopic (exact) mass is 450 g/mol. The molecule has 0 unspecified atom stereocenters. The second-order valence-corrected chi connectivity index (χ2v) is 8.32. The van der Waals surface area contributed by atoms with E-state index in [1.54, 1.807) is 23.5 Å². The first-order chi connectivity index (χ1) is 15.5. The molecule has 0 amide bonds. The summed E-state index contributed by atoms with van der Waals surface area (Å²) in [5.41, 5.74) is 3.93. The number of fused-ring (bicyclic) bond motifs is 1. The molecule has 0 aliphatic heterocycles. The van der Waals surface area contributed by atoms with Crippen molar-refractivity contribution in [2.75, 3.05) is 14.2 Å². The number of hydrogen-bond donors (Lipinski definition) is 0. The van der Waals surface area contributed by atoms with E-state index in [9.17, 15) is 4.79 Å². The maximum atomic E-state index is 13.6. The van der Waals surface area contributed by atoms with Crippen LogP contribution in [0.5, 0.6) is 11.5 Å². The zero-order chi connectivity index (χ0) is 22.7. The van der Waals surface area contributed by atoms with Gasteiger partial charge in [-0.3, -0.25) is 14.0 Å². The molecule has 32 heavy (non-hydrogen) atoms. The van der Waals surface area contributed by atoms with Gasteiger partial charge in [-0.25, -0.2) is 4.98 Å². The van der Waals surface area contributed by atoms with Crippen molar-refractivity contribution in [2.45, 2.75) is 37.8 Å². The van der Waals surface area contributed by atoms with Crippen LogP contribution in [-0.2, 0) is 18.8 Å². The summed E-state index contributed by atoms with van der Waals surface area (Å²) in [6.07, 6.45) is 0. The molecule has 0 spiro atoms. The lowest BCUT2D eigenvalue weighted by Gasteiger charge is -2.13. The number of aromatic nitrogens is 4. The molecule has 0 fully saturated rings. The number of thioether (sulfide) groups is 1. The number of aryl methyl sites for hydroxylation is 2. The van der Waals surface area contributed by atoms with Gasteiger partial charge < -0.3 is 9.47 Å².